The molecule has 0 bridgehead atoms. The summed E-state index contributed by atoms with van der Waals surface area (Å²) in [4.78, 5) is 22.1. The lowest BCUT2D eigenvalue weighted by atomic mass is 10.0. The van der Waals surface area contributed by atoms with Crippen molar-refractivity contribution in [2.75, 3.05) is 6.54 Å². The fourth-order valence-electron chi connectivity index (χ4n) is 3.61. The molecule has 0 amide bonds. The minimum Gasteiger partial charge on any atom is -0.360 e. The van der Waals surface area contributed by atoms with Gasteiger partial charge in [-0.1, -0.05) is 47.6 Å². The van der Waals surface area contributed by atoms with Crippen molar-refractivity contribution >= 4 is 11.0 Å². The van der Waals surface area contributed by atoms with Crippen molar-refractivity contribution < 1.29 is 4.52 Å². The maximum atomic E-state index is 12.4. The van der Waals surface area contributed by atoms with E-state index in [-0.39, 0.29) is 5.56 Å². The van der Waals surface area contributed by atoms with Gasteiger partial charge in [0.1, 0.15) is 17.1 Å². The van der Waals surface area contributed by atoms with Crippen molar-refractivity contribution in [3.05, 3.63) is 82.0 Å². The molecule has 134 valence electrons. The Bertz CT molecular complexity index is 1160. The molecule has 0 spiro atoms. The van der Waals surface area contributed by atoms with Gasteiger partial charge in [-0.2, -0.15) is 0 Å². The maximum Gasteiger partial charge on any atom is 0.271 e. The number of rotatable bonds is 3. The van der Waals surface area contributed by atoms with Crippen LogP contribution in [0.4, 0.5) is 0 Å². The topological polar surface area (TPSA) is 75.0 Å². The highest BCUT2D eigenvalue weighted by atomic mass is 16.5. The number of fused-ring (bicyclic) bond motifs is 2. The van der Waals surface area contributed by atoms with Gasteiger partial charge in [-0.25, -0.2) is 4.98 Å². The fraction of sp³-hybridized carbons (Fsp3) is 0.190. The summed E-state index contributed by atoms with van der Waals surface area (Å²) in [6, 6.07) is 17.6. The largest absolute Gasteiger partial charge is 0.360 e. The molecule has 0 fully saturated rings. The first-order valence-electron chi connectivity index (χ1n) is 9.01. The van der Waals surface area contributed by atoms with Crippen molar-refractivity contribution in [2.24, 2.45) is 0 Å². The van der Waals surface area contributed by atoms with Gasteiger partial charge in [0.15, 0.2) is 0 Å². The molecule has 0 aliphatic carbocycles. The van der Waals surface area contributed by atoms with Crippen LogP contribution in [0.1, 0.15) is 17.0 Å². The summed E-state index contributed by atoms with van der Waals surface area (Å²) in [6.45, 7) is 2.00. The van der Waals surface area contributed by atoms with E-state index >= 15 is 0 Å². The van der Waals surface area contributed by atoms with Gasteiger partial charge in [0.25, 0.3) is 5.56 Å². The summed E-state index contributed by atoms with van der Waals surface area (Å²) in [6.07, 6.45) is 0.778. The van der Waals surface area contributed by atoms with E-state index < -0.39 is 0 Å². The normalized spacial score (nSPS) is 14.4. The molecular weight excluding hydrogens is 340 g/mol. The highest BCUT2D eigenvalue weighted by Crippen LogP contribution is 2.30. The van der Waals surface area contributed by atoms with Crippen LogP contribution in [0.3, 0.4) is 0 Å². The molecule has 2 aromatic carbocycles. The van der Waals surface area contributed by atoms with Gasteiger partial charge in [-0.15, -0.1) is 0 Å². The van der Waals surface area contributed by atoms with E-state index in [1.165, 1.54) is 0 Å². The van der Waals surface area contributed by atoms with Crippen molar-refractivity contribution in [3.8, 4) is 11.3 Å². The molecule has 1 aliphatic rings. The Balaban J connectivity index is 1.44. The molecule has 6 nitrogen and oxygen atoms in total. The second-order valence-electron chi connectivity index (χ2n) is 6.79. The summed E-state index contributed by atoms with van der Waals surface area (Å²) in [5, 5.41) is 4.28. The highest BCUT2D eigenvalue weighted by molar-refractivity contribution is 5.73. The Morgan fingerprint density at radius 3 is 2.78 bits per heavy atom. The first-order chi connectivity index (χ1) is 13.3. The van der Waals surface area contributed by atoms with Crippen molar-refractivity contribution in [2.45, 2.75) is 19.5 Å². The minimum atomic E-state index is -0.131. The lowest BCUT2D eigenvalue weighted by Crippen LogP contribution is -2.32. The average Bonchev–Trinajstić information content (AvgIpc) is 3.12. The molecular formula is C21H18N4O2. The van der Waals surface area contributed by atoms with Crippen molar-refractivity contribution in [1.82, 2.24) is 20.0 Å². The zero-order valence-electron chi connectivity index (χ0n) is 14.7. The van der Waals surface area contributed by atoms with Crippen LogP contribution in [-0.2, 0) is 19.5 Å². The van der Waals surface area contributed by atoms with Gasteiger partial charge in [0, 0.05) is 37.2 Å². The molecule has 0 unspecified atom stereocenters. The fourth-order valence-corrected chi connectivity index (χ4v) is 3.61. The summed E-state index contributed by atoms with van der Waals surface area (Å²) in [5.74, 6) is 0.936. The average molecular weight is 358 g/mol. The molecule has 0 saturated heterocycles. The number of aromatic nitrogens is 3. The monoisotopic (exact) mass is 358 g/mol. The van der Waals surface area contributed by atoms with E-state index in [0.717, 1.165) is 46.6 Å². The van der Waals surface area contributed by atoms with Gasteiger partial charge in [0.2, 0.25) is 0 Å². The van der Waals surface area contributed by atoms with Gasteiger partial charge in [-0.05, 0) is 12.1 Å². The Kier molecular flexibility index (Phi) is 3.83. The quantitative estimate of drug-likeness (QED) is 0.609. The number of benzene rings is 2. The standard InChI is InChI=1S/C21H18N4O2/c26-21-18(22-16-8-4-5-9-17(16)23-21)13-25-11-10-19-15(12-25)20(24-27-19)14-6-2-1-3-7-14/h1-9H,10-13H2,(H,23,26). The molecule has 6 heteroatoms. The van der Waals surface area contributed by atoms with Crippen LogP contribution in [0, 0.1) is 0 Å². The number of hydrogen-bond acceptors (Lipinski definition) is 5. The number of para-hydroxylation sites is 2. The molecule has 0 atom stereocenters. The molecule has 1 N–H and O–H groups in total. The lowest BCUT2D eigenvalue weighted by molar-refractivity contribution is 0.225. The predicted octanol–water partition coefficient (Wildman–Crippen LogP) is 3.14. The van der Waals surface area contributed by atoms with E-state index in [0.29, 0.717) is 18.8 Å². The number of H-pyrrole nitrogens is 1. The van der Waals surface area contributed by atoms with E-state index in [1.807, 2.05) is 54.6 Å². The van der Waals surface area contributed by atoms with Crippen LogP contribution in [0.15, 0.2) is 63.9 Å². The van der Waals surface area contributed by atoms with E-state index in [1.54, 1.807) is 0 Å². The second kappa shape index (κ2) is 6.48. The molecule has 2 aromatic heterocycles. The van der Waals surface area contributed by atoms with E-state index in [9.17, 15) is 4.79 Å². The van der Waals surface area contributed by atoms with Crippen LogP contribution in [-0.4, -0.2) is 26.6 Å². The van der Waals surface area contributed by atoms with Crippen molar-refractivity contribution in [3.63, 3.8) is 0 Å². The van der Waals surface area contributed by atoms with E-state index in [2.05, 4.69) is 20.0 Å². The van der Waals surface area contributed by atoms with Crippen LogP contribution < -0.4 is 5.56 Å². The zero-order valence-corrected chi connectivity index (χ0v) is 14.7. The summed E-state index contributed by atoms with van der Waals surface area (Å²) in [7, 11) is 0. The van der Waals surface area contributed by atoms with Crippen LogP contribution in [0.2, 0.25) is 0 Å². The minimum absolute atomic E-state index is 0.131. The van der Waals surface area contributed by atoms with Crippen LogP contribution in [0.25, 0.3) is 22.3 Å². The van der Waals surface area contributed by atoms with Gasteiger partial charge in [0.05, 0.1) is 11.0 Å². The molecule has 0 radical (unpaired) electrons. The third-order valence-electron chi connectivity index (χ3n) is 5.00. The number of nitrogens with one attached hydrogen (secondary N) is 1. The van der Waals surface area contributed by atoms with Crippen LogP contribution in [0.5, 0.6) is 0 Å². The van der Waals surface area contributed by atoms with Gasteiger partial charge >= 0.3 is 0 Å². The number of aromatic amines is 1. The summed E-state index contributed by atoms with van der Waals surface area (Å²) in [5.41, 5.74) is 5.01. The zero-order chi connectivity index (χ0) is 18.2. The van der Waals surface area contributed by atoms with Crippen LogP contribution >= 0.6 is 0 Å². The molecule has 3 heterocycles. The first kappa shape index (κ1) is 16.0. The molecule has 0 saturated carbocycles. The number of hydrogen-bond donors (Lipinski definition) is 1. The van der Waals surface area contributed by atoms with Crippen molar-refractivity contribution in [1.29, 1.82) is 0 Å². The molecule has 5 rings (SSSR count). The maximum absolute atomic E-state index is 12.4. The summed E-state index contributed by atoms with van der Waals surface area (Å²) < 4.78 is 5.56. The Labute approximate surface area is 155 Å². The van der Waals surface area contributed by atoms with Gasteiger partial charge < -0.3 is 9.51 Å². The Morgan fingerprint density at radius 1 is 1.07 bits per heavy atom. The third kappa shape index (κ3) is 2.94. The molecule has 1 aliphatic heterocycles. The molecule has 27 heavy (non-hydrogen) atoms. The Morgan fingerprint density at radius 2 is 1.89 bits per heavy atom. The Hall–Kier alpha value is -3.25. The molecule has 4 aromatic rings. The summed E-state index contributed by atoms with van der Waals surface area (Å²) >= 11 is 0. The van der Waals surface area contributed by atoms with E-state index in [4.69, 9.17) is 4.52 Å². The number of nitrogens with zero attached hydrogens (tertiary/aromatic N) is 3. The third-order valence-corrected chi connectivity index (χ3v) is 5.00. The van der Waals surface area contributed by atoms with Gasteiger partial charge in [-0.3, -0.25) is 9.69 Å². The first-order valence-corrected chi connectivity index (χ1v) is 9.01. The second-order valence-corrected chi connectivity index (χ2v) is 6.79. The lowest BCUT2D eigenvalue weighted by Gasteiger charge is -2.25. The highest BCUT2D eigenvalue weighted by Gasteiger charge is 2.25. The predicted molar refractivity (Wildman–Crippen MR) is 102 cm³/mol. The smallest absolute Gasteiger partial charge is 0.271 e. The SMILES string of the molecule is O=c1[nH]c2ccccc2nc1CN1CCc2onc(-c3ccccc3)c2C1.